The highest BCUT2D eigenvalue weighted by atomic mass is 127. The molecule has 0 saturated carbocycles. The molecule has 0 aromatic heterocycles. The summed E-state index contributed by atoms with van der Waals surface area (Å²) in [6.07, 6.45) is 1.85. The lowest BCUT2D eigenvalue weighted by atomic mass is 10.0. The highest BCUT2D eigenvalue weighted by Crippen LogP contribution is 2.32. The lowest BCUT2D eigenvalue weighted by molar-refractivity contribution is 0.302. The van der Waals surface area contributed by atoms with Crippen molar-refractivity contribution < 1.29 is 4.74 Å². The van der Waals surface area contributed by atoms with Gasteiger partial charge in [-0.1, -0.05) is 53.5 Å². The van der Waals surface area contributed by atoms with Crippen molar-refractivity contribution in [2.75, 3.05) is 0 Å². The SMILES string of the molecule is N#C/C(=C/c1cc(I)c(OCc2ccccc2Cl)c(I)c1)c1cccc(Cl)c1. The number of ether oxygens (including phenoxy) is 1. The van der Waals surface area contributed by atoms with Crippen molar-refractivity contribution in [2.45, 2.75) is 6.61 Å². The van der Waals surface area contributed by atoms with E-state index in [1.54, 1.807) is 12.1 Å². The first-order valence-corrected chi connectivity index (χ1v) is 11.1. The van der Waals surface area contributed by atoms with Crippen LogP contribution in [0.2, 0.25) is 10.0 Å². The normalized spacial score (nSPS) is 11.2. The first-order chi connectivity index (χ1) is 13.5. The lowest BCUT2D eigenvalue weighted by Gasteiger charge is -2.12. The second-order valence-electron chi connectivity index (χ2n) is 5.87. The van der Waals surface area contributed by atoms with Crippen molar-refractivity contribution in [3.8, 4) is 11.8 Å². The molecule has 0 heterocycles. The molecule has 0 bridgehead atoms. The Bertz CT molecular complexity index is 1070. The maximum atomic E-state index is 9.56. The fourth-order valence-corrected chi connectivity index (χ4v) is 5.08. The van der Waals surface area contributed by atoms with Gasteiger partial charge in [-0.3, -0.25) is 0 Å². The number of rotatable bonds is 5. The zero-order valence-corrected chi connectivity index (χ0v) is 20.3. The summed E-state index contributed by atoms with van der Waals surface area (Å²) in [5.74, 6) is 0.805. The summed E-state index contributed by atoms with van der Waals surface area (Å²) in [4.78, 5) is 0. The van der Waals surface area contributed by atoms with E-state index in [4.69, 9.17) is 27.9 Å². The van der Waals surface area contributed by atoms with Gasteiger partial charge in [0.05, 0.1) is 18.8 Å². The van der Waals surface area contributed by atoms with Gasteiger partial charge in [-0.15, -0.1) is 0 Å². The van der Waals surface area contributed by atoms with Gasteiger partial charge in [0.15, 0.2) is 0 Å². The summed E-state index contributed by atoms with van der Waals surface area (Å²) in [7, 11) is 0. The van der Waals surface area contributed by atoms with E-state index in [-0.39, 0.29) is 0 Å². The van der Waals surface area contributed by atoms with Crippen LogP contribution >= 0.6 is 68.4 Å². The largest absolute Gasteiger partial charge is 0.487 e. The molecule has 28 heavy (non-hydrogen) atoms. The highest BCUT2D eigenvalue weighted by molar-refractivity contribution is 14.1. The van der Waals surface area contributed by atoms with E-state index >= 15 is 0 Å². The maximum absolute atomic E-state index is 9.56. The molecule has 0 aliphatic rings. The van der Waals surface area contributed by atoms with Gasteiger partial charge in [-0.05, 0) is 92.7 Å². The van der Waals surface area contributed by atoms with Crippen LogP contribution in [-0.2, 0) is 6.61 Å². The van der Waals surface area contributed by atoms with Crippen molar-refractivity contribution >= 4 is 80.0 Å². The standard InChI is InChI=1S/C22H13Cl2I2NO/c23-18-6-3-5-15(11-18)17(12-27)8-14-9-20(25)22(21(26)10-14)28-13-16-4-1-2-7-19(16)24/h1-11H,13H2/b17-8-. The van der Waals surface area contributed by atoms with Gasteiger partial charge < -0.3 is 4.74 Å². The molecule has 0 aliphatic carbocycles. The molecule has 0 spiro atoms. The van der Waals surface area contributed by atoms with E-state index in [1.807, 2.05) is 54.6 Å². The Morgan fingerprint density at radius 2 is 1.71 bits per heavy atom. The molecule has 0 N–H and O–H groups in total. The molecule has 3 aromatic carbocycles. The third-order valence-corrected chi connectivity index (χ3v) is 6.12. The summed E-state index contributed by atoms with van der Waals surface area (Å²) < 4.78 is 7.95. The molecule has 2 nitrogen and oxygen atoms in total. The molecular formula is C22H13Cl2I2NO. The van der Waals surface area contributed by atoms with Crippen molar-refractivity contribution in [3.05, 3.63) is 94.5 Å². The minimum absolute atomic E-state index is 0.396. The predicted molar refractivity (Wildman–Crippen MR) is 133 cm³/mol. The Labute approximate surface area is 201 Å². The summed E-state index contributed by atoms with van der Waals surface area (Å²) in [6.45, 7) is 0.396. The van der Waals surface area contributed by atoms with E-state index in [0.717, 1.165) is 29.6 Å². The Morgan fingerprint density at radius 1 is 1.00 bits per heavy atom. The molecule has 0 radical (unpaired) electrons. The van der Waals surface area contributed by atoms with Crippen molar-refractivity contribution in [1.29, 1.82) is 5.26 Å². The van der Waals surface area contributed by atoms with E-state index in [2.05, 4.69) is 51.3 Å². The third kappa shape index (κ3) is 5.41. The lowest BCUT2D eigenvalue weighted by Crippen LogP contribution is -2.00. The summed E-state index contributed by atoms with van der Waals surface area (Å²) >= 11 is 16.7. The number of nitrogens with zero attached hydrogens (tertiary/aromatic N) is 1. The van der Waals surface area contributed by atoms with Crippen molar-refractivity contribution in [3.63, 3.8) is 0 Å². The summed E-state index contributed by atoms with van der Waals surface area (Å²) in [5.41, 5.74) is 3.21. The predicted octanol–water partition coefficient (Wildman–Crippen LogP) is 7.85. The van der Waals surface area contributed by atoms with Gasteiger partial charge >= 0.3 is 0 Å². The van der Waals surface area contributed by atoms with Crippen LogP contribution in [0.1, 0.15) is 16.7 Å². The Balaban J connectivity index is 1.87. The van der Waals surface area contributed by atoms with Crippen LogP contribution in [0.5, 0.6) is 5.75 Å². The number of nitriles is 1. The van der Waals surface area contributed by atoms with Gasteiger partial charge in [0.1, 0.15) is 12.4 Å². The minimum Gasteiger partial charge on any atom is -0.487 e. The fourth-order valence-electron chi connectivity index (χ4n) is 2.57. The smallest absolute Gasteiger partial charge is 0.146 e. The second kappa shape index (κ2) is 9.97. The topological polar surface area (TPSA) is 33.0 Å². The average Bonchev–Trinajstić information content (AvgIpc) is 2.66. The molecule has 0 aliphatic heterocycles. The molecule has 0 unspecified atom stereocenters. The van der Waals surface area contributed by atoms with Crippen LogP contribution in [0.15, 0.2) is 60.7 Å². The Hall–Kier alpha value is -1.27. The molecule has 6 heteroatoms. The zero-order chi connectivity index (χ0) is 20.1. The molecule has 0 amide bonds. The maximum Gasteiger partial charge on any atom is 0.146 e. The molecule has 140 valence electrons. The number of hydrogen-bond donors (Lipinski definition) is 0. The van der Waals surface area contributed by atoms with Crippen molar-refractivity contribution in [2.24, 2.45) is 0 Å². The van der Waals surface area contributed by atoms with Crippen LogP contribution in [0.4, 0.5) is 0 Å². The second-order valence-corrected chi connectivity index (χ2v) is 9.04. The number of halogens is 4. The van der Waals surface area contributed by atoms with Gasteiger partial charge in [0, 0.05) is 15.6 Å². The molecule has 0 saturated heterocycles. The quantitative estimate of drug-likeness (QED) is 0.163. The summed E-state index contributed by atoms with van der Waals surface area (Å²) in [6, 6.07) is 21.2. The number of benzene rings is 3. The third-order valence-electron chi connectivity index (χ3n) is 3.92. The molecule has 3 rings (SSSR count). The van der Waals surface area contributed by atoms with E-state index in [0.29, 0.717) is 22.2 Å². The highest BCUT2D eigenvalue weighted by Gasteiger charge is 2.11. The van der Waals surface area contributed by atoms with Crippen LogP contribution in [0, 0.1) is 18.5 Å². The van der Waals surface area contributed by atoms with Gasteiger partial charge in [-0.25, -0.2) is 0 Å². The number of allylic oxidation sites excluding steroid dienone is 1. The molecule has 0 fully saturated rings. The zero-order valence-electron chi connectivity index (χ0n) is 14.4. The van der Waals surface area contributed by atoms with Crippen LogP contribution in [-0.4, -0.2) is 0 Å². The molecule has 0 atom stereocenters. The van der Waals surface area contributed by atoms with E-state index in [9.17, 15) is 5.26 Å². The van der Waals surface area contributed by atoms with E-state index < -0.39 is 0 Å². The average molecular weight is 632 g/mol. The van der Waals surface area contributed by atoms with Gasteiger partial charge in [0.2, 0.25) is 0 Å². The monoisotopic (exact) mass is 631 g/mol. The van der Waals surface area contributed by atoms with Crippen molar-refractivity contribution in [1.82, 2.24) is 0 Å². The fraction of sp³-hybridized carbons (Fsp3) is 0.0455. The van der Waals surface area contributed by atoms with Gasteiger partial charge in [-0.2, -0.15) is 5.26 Å². The van der Waals surface area contributed by atoms with Crippen LogP contribution in [0.25, 0.3) is 11.6 Å². The minimum atomic E-state index is 0.396. The van der Waals surface area contributed by atoms with E-state index in [1.165, 1.54) is 0 Å². The Morgan fingerprint density at radius 3 is 2.36 bits per heavy atom. The molecular weight excluding hydrogens is 619 g/mol. The Kier molecular flexibility index (Phi) is 7.63. The van der Waals surface area contributed by atoms with Gasteiger partial charge in [0.25, 0.3) is 0 Å². The molecule has 3 aromatic rings. The van der Waals surface area contributed by atoms with Crippen LogP contribution in [0.3, 0.4) is 0 Å². The van der Waals surface area contributed by atoms with Crippen LogP contribution < -0.4 is 4.74 Å². The first-order valence-electron chi connectivity index (χ1n) is 8.21. The number of hydrogen-bond acceptors (Lipinski definition) is 2. The summed E-state index contributed by atoms with van der Waals surface area (Å²) in [5, 5.41) is 10.8. The first kappa shape index (κ1) is 21.4.